The Kier molecular flexibility index (Phi) is 8.24. The molecule has 0 saturated carbocycles. The molecule has 0 spiro atoms. The molecule has 160 valence electrons. The van der Waals surface area contributed by atoms with Crippen molar-refractivity contribution >= 4 is 27.7 Å². The molecule has 0 aromatic heterocycles. The van der Waals surface area contributed by atoms with Gasteiger partial charge in [0.1, 0.15) is 6.61 Å². The first-order valence-electron chi connectivity index (χ1n) is 9.92. The van der Waals surface area contributed by atoms with Gasteiger partial charge in [0.05, 0.1) is 13.0 Å². The first kappa shape index (κ1) is 22.6. The Morgan fingerprint density at radius 1 is 0.903 bits per heavy atom. The van der Waals surface area contributed by atoms with Crippen molar-refractivity contribution in [2.24, 2.45) is 0 Å². The van der Waals surface area contributed by atoms with E-state index in [1.807, 2.05) is 36.4 Å². The summed E-state index contributed by atoms with van der Waals surface area (Å²) < 4.78 is 17.8. The molecule has 0 aliphatic heterocycles. The topological polar surface area (TPSA) is 61.8 Å². The highest BCUT2D eigenvalue weighted by atomic mass is 79.9. The second kappa shape index (κ2) is 11.3. The quantitative estimate of drug-likeness (QED) is 0.286. The van der Waals surface area contributed by atoms with Crippen LogP contribution in [0.1, 0.15) is 28.4 Å². The first-order valence-corrected chi connectivity index (χ1v) is 10.7. The van der Waals surface area contributed by atoms with Gasteiger partial charge in [-0.3, -0.25) is 9.59 Å². The number of benzene rings is 3. The molecular formula is C25H23BrO5. The van der Waals surface area contributed by atoms with Crippen LogP contribution >= 0.6 is 15.9 Å². The molecule has 0 atom stereocenters. The van der Waals surface area contributed by atoms with Gasteiger partial charge in [-0.2, -0.15) is 0 Å². The minimum absolute atomic E-state index is 0.0503. The van der Waals surface area contributed by atoms with Gasteiger partial charge in [0.25, 0.3) is 0 Å². The lowest BCUT2D eigenvalue weighted by Gasteiger charge is -2.16. The minimum Gasteiger partial charge on any atom is -0.485 e. The van der Waals surface area contributed by atoms with Gasteiger partial charge in [-0.15, -0.1) is 0 Å². The van der Waals surface area contributed by atoms with E-state index in [0.717, 1.165) is 10.0 Å². The van der Waals surface area contributed by atoms with Crippen LogP contribution in [0.3, 0.4) is 0 Å². The summed E-state index contributed by atoms with van der Waals surface area (Å²) in [4.78, 5) is 24.6. The smallest absolute Gasteiger partial charge is 0.310 e. The third kappa shape index (κ3) is 6.69. The van der Waals surface area contributed by atoms with Crippen LogP contribution in [0.4, 0.5) is 0 Å². The number of carbonyl (C=O) groups excluding carboxylic acids is 2. The van der Waals surface area contributed by atoms with Gasteiger partial charge in [0, 0.05) is 15.6 Å². The molecule has 0 N–H and O–H groups in total. The fourth-order valence-corrected chi connectivity index (χ4v) is 3.36. The van der Waals surface area contributed by atoms with Crippen molar-refractivity contribution in [3.63, 3.8) is 0 Å². The van der Waals surface area contributed by atoms with Gasteiger partial charge in [-0.05, 0) is 30.7 Å². The van der Waals surface area contributed by atoms with E-state index >= 15 is 0 Å². The molecule has 0 unspecified atom stereocenters. The van der Waals surface area contributed by atoms with Crippen molar-refractivity contribution in [2.45, 2.75) is 20.0 Å². The molecule has 0 fully saturated rings. The van der Waals surface area contributed by atoms with E-state index in [2.05, 4.69) is 15.9 Å². The SMILES string of the molecule is CCOC(=O)Cc1cccc(OCC(=O)c2cccc(Br)c2)c1OCc1ccccc1. The van der Waals surface area contributed by atoms with Crippen molar-refractivity contribution in [2.75, 3.05) is 13.2 Å². The minimum atomic E-state index is -0.352. The van der Waals surface area contributed by atoms with Crippen LogP contribution < -0.4 is 9.47 Å². The van der Waals surface area contributed by atoms with Crippen LogP contribution in [0.2, 0.25) is 0 Å². The van der Waals surface area contributed by atoms with Gasteiger partial charge in [-0.25, -0.2) is 0 Å². The highest BCUT2D eigenvalue weighted by molar-refractivity contribution is 9.10. The largest absolute Gasteiger partial charge is 0.485 e. The highest BCUT2D eigenvalue weighted by Gasteiger charge is 2.17. The number of Topliss-reactive ketones (excluding diaryl/α,β-unsaturated/α-hetero) is 1. The molecule has 0 aliphatic rings. The highest BCUT2D eigenvalue weighted by Crippen LogP contribution is 2.33. The zero-order chi connectivity index (χ0) is 22.1. The zero-order valence-electron chi connectivity index (χ0n) is 17.2. The Bertz CT molecular complexity index is 1030. The van der Waals surface area contributed by atoms with Crippen molar-refractivity contribution < 1.29 is 23.8 Å². The average molecular weight is 483 g/mol. The summed E-state index contributed by atoms with van der Waals surface area (Å²) >= 11 is 3.37. The van der Waals surface area contributed by atoms with E-state index in [1.54, 1.807) is 43.3 Å². The molecule has 0 radical (unpaired) electrons. The van der Waals surface area contributed by atoms with Gasteiger partial charge < -0.3 is 14.2 Å². The van der Waals surface area contributed by atoms with Crippen LogP contribution in [0, 0.1) is 0 Å². The molecule has 6 heteroatoms. The van der Waals surface area contributed by atoms with E-state index in [9.17, 15) is 9.59 Å². The van der Waals surface area contributed by atoms with Crippen molar-refractivity contribution in [3.05, 3.63) is 94.0 Å². The lowest BCUT2D eigenvalue weighted by atomic mass is 10.1. The number of carbonyl (C=O) groups is 2. The summed E-state index contributed by atoms with van der Waals surface area (Å²) in [5.41, 5.74) is 2.16. The van der Waals surface area contributed by atoms with Crippen molar-refractivity contribution in [1.29, 1.82) is 0 Å². The Morgan fingerprint density at radius 2 is 1.68 bits per heavy atom. The normalized spacial score (nSPS) is 10.4. The predicted molar refractivity (Wildman–Crippen MR) is 122 cm³/mol. The Balaban J connectivity index is 1.80. The Morgan fingerprint density at radius 3 is 2.42 bits per heavy atom. The van der Waals surface area contributed by atoms with E-state index in [4.69, 9.17) is 14.2 Å². The van der Waals surface area contributed by atoms with Gasteiger partial charge in [-0.1, -0.05) is 70.5 Å². The molecule has 0 amide bonds. The molecule has 0 aliphatic carbocycles. The monoisotopic (exact) mass is 482 g/mol. The summed E-state index contributed by atoms with van der Waals surface area (Å²) in [6, 6.07) is 22.1. The molecule has 0 heterocycles. The maximum Gasteiger partial charge on any atom is 0.310 e. The van der Waals surface area contributed by atoms with E-state index in [-0.39, 0.29) is 24.8 Å². The van der Waals surface area contributed by atoms with Crippen LogP contribution in [0.25, 0.3) is 0 Å². The summed E-state index contributed by atoms with van der Waals surface area (Å²) in [6.07, 6.45) is 0.0503. The van der Waals surface area contributed by atoms with Crippen molar-refractivity contribution in [3.8, 4) is 11.5 Å². The number of hydrogen-bond donors (Lipinski definition) is 0. The van der Waals surface area contributed by atoms with Crippen molar-refractivity contribution in [1.82, 2.24) is 0 Å². The van der Waals surface area contributed by atoms with E-state index in [1.165, 1.54) is 0 Å². The number of halogens is 1. The second-order valence-electron chi connectivity index (χ2n) is 6.72. The number of esters is 1. The van der Waals surface area contributed by atoms with Crippen LogP contribution in [0.5, 0.6) is 11.5 Å². The second-order valence-corrected chi connectivity index (χ2v) is 7.64. The van der Waals surface area contributed by atoms with E-state index in [0.29, 0.717) is 35.8 Å². The van der Waals surface area contributed by atoms with Crippen LogP contribution in [-0.2, 0) is 22.6 Å². The zero-order valence-corrected chi connectivity index (χ0v) is 18.8. The third-order valence-electron chi connectivity index (χ3n) is 4.43. The fraction of sp³-hybridized carbons (Fsp3) is 0.200. The number of ether oxygens (including phenoxy) is 3. The molecule has 31 heavy (non-hydrogen) atoms. The standard InChI is InChI=1S/C25H23BrO5/c1-2-29-24(28)15-20-11-7-13-23(25(20)31-16-18-8-4-3-5-9-18)30-17-22(27)19-10-6-12-21(26)14-19/h3-14H,2,15-17H2,1H3. The van der Waals surface area contributed by atoms with Gasteiger partial charge >= 0.3 is 5.97 Å². The third-order valence-corrected chi connectivity index (χ3v) is 4.93. The number of hydrogen-bond acceptors (Lipinski definition) is 5. The Hall–Kier alpha value is -3.12. The summed E-state index contributed by atoms with van der Waals surface area (Å²) in [6.45, 7) is 2.21. The summed E-state index contributed by atoms with van der Waals surface area (Å²) in [5, 5.41) is 0. The molecular weight excluding hydrogens is 460 g/mol. The molecule has 5 nitrogen and oxygen atoms in total. The van der Waals surface area contributed by atoms with Gasteiger partial charge in [0.15, 0.2) is 23.9 Å². The molecule has 3 aromatic carbocycles. The van der Waals surface area contributed by atoms with E-state index < -0.39 is 0 Å². The first-order chi connectivity index (χ1) is 15.1. The fourth-order valence-electron chi connectivity index (χ4n) is 2.96. The summed E-state index contributed by atoms with van der Waals surface area (Å²) in [7, 11) is 0. The maximum absolute atomic E-state index is 12.5. The summed E-state index contributed by atoms with van der Waals surface area (Å²) in [5.74, 6) is 0.322. The Labute approximate surface area is 190 Å². The lowest BCUT2D eigenvalue weighted by Crippen LogP contribution is -2.14. The molecule has 3 aromatic rings. The molecule has 0 saturated heterocycles. The number of rotatable bonds is 10. The predicted octanol–water partition coefficient (Wildman–Crippen LogP) is 5.40. The maximum atomic E-state index is 12.5. The van der Waals surface area contributed by atoms with Crippen LogP contribution in [-0.4, -0.2) is 25.0 Å². The lowest BCUT2D eigenvalue weighted by molar-refractivity contribution is -0.142. The van der Waals surface area contributed by atoms with Crippen LogP contribution in [0.15, 0.2) is 77.3 Å². The number of ketones is 1. The van der Waals surface area contributed by atoms with Gasteiger partial charge in [0.2, 0.25) is 0 Å². The average Bonchev–Trinajstić information content (AvgIpc) is 2.77. The number of para-hydroxylation sites is 1. The molecule has 0 bridgehead atoms. The molecule has 3 rings (SSSR count).